The quantitative estimate of drug-likeness (QED) is 0.171. The Hall–Kier alpha value is -5.34. The van der Waals surface area contributed by atoms with E-state index in [9.17, 15) is 9.59 Å². The fourth-order valence-electron chi connectivity index (χ4n) is 6.23. The molecule has 0 N–H and O–H groups in total. The van der Waals surface area contributed by atoms with Crippen molar-refractivity contribution in [3.63, 3.8) is 0 Å². The summed E-state index contributed by atoms with van der Waals surface area (Å²) in [6, 6.07) is 28.6. The Morgan fingerprint density at radius 2 is 0.906 bits per heavy atom. The van der Waals surface area contributed by atoms with Crippen LogP contribution in [0.1, 0.15) is 74.2 Å². The number of hydrogen-bond acceptors (Lipinski definition) is 12. The first kappa shape index (κ1) is 51.3. The lowest BCUT2D eigenvalue weighted by atomic mass is 9.96. The van der Waals surface area contributed by atoms with E-state index in [1.807, 2.05) is 126 Å². The van der Waals surface area contributed by atoms with Gasteiger partial charge in [-0.25, -0.2) is 9.59 Å². The molecule has 0 fully saturated rings. The van der Waals surface area contributed by atoms with Gasteiger partial charge in [-0.2, -0.15) is 0 Å². The first-order valence-electron chi connectivity index (χ1n) is 22.0. The summed E-state index contributed by atoms with van der Waals surface area (Å²) in [5, 5.41) is 0. The number of carbonyl (C=O) groups excluding carboxylic acids is 2. The monoisotopic (exact) mass is 887 g/mol. The number of carbonyl (C=O) groups is 2. The van der Waals surface area contributed by atoms with Crippen molar-refractivity contribution >= 4 is 12.1 Å². The summed E-state index contributed by atoms with van der Waals surface area (Å²) in [5.74, 6) is 2.40. The summed E-state index contributed by atoms with van der Waals surface area (Å²) >= 11 is 0. The van der Waals surface area contributed by atoms with Crippen LogP contribution in [0.15, 0.2) is 91.0 Å². The summed E-state index contributed by atoms with van der Waals surface area (Å²) < 4.78 is 56.4. The molecule has 0 bridgehead atoms. The van der Waals surface area contributed by atoms with Gasteiger partial charge in [0, 0.05) is 13.1 Å². The highest BCUT2D eigenvalue weighted by molar-refractivity contribution is 5.89. The zero-order valence-electron chi connectivity index (χ0n) is 39.1. The van der Waals surface area contributed by atoms with Crippen molar-refractivity contribution in [2.24, 2.45) is 5.41 Å². The van der Waals surface area contributed by atoms with Crippen molar-refractivity contribution in [2.45, 2.75) is 74.1 Å². The van der Waals surface area contributed by atoms with Crippen molar-refractivity contribution in [1.82, 2.24) is 4.90 Å². The highest BCUT2D eigenvalue weighted by atomic mass is 16.6. The maximum Gasteiger partial charge on any atom is 0.410 e. The van der Waals surface area contributed by atoms with Crippen LogP contribution in [-0.4, -0.2) is 108 Å². The zero-order chi connectivity index (χ0) is 46.2. The first-order chi connectivity index (χ1) is 30.6. The second kappa shape index (κ2) is 27.1. The minimum absolute atomic E-state index is 0.0564. The smallest absolute Gasteiger partial charge is 0.410 e. The Kier molecular flexibility index (Phi) is 21.7. The number of aryl methyl sites for hydroxylation is 2. The number of ether oxygens (including phenoxy) is 10. The summed E-state index contributed by atoms with van der Waals surface area (Å²) in [5.41, 5.74) is 3.91. The van der Waals surface area contributed by atoms with Gasteiger partial charge >= 0.3 is 12.1 Å². The highest BCUT2D eigenvalue weighted by Gasteiger charge is 2.26. The molecule has 64 heavy (non-hydrogen) atoms. The van der Waals surface area contributed by atoms with Gasteiger partial charge in [-0.05, 0) is 87.6 Å². The number of nitrogens with zero attached hydrogens (tertiary/aromatic N) is 1. The van der Waals surface area contributed by atoms with Crippen LogP contribution in [0, 0.1) is 19.3 Å². The third kappa shape index (κ3) is 20.9. The van der Waals surface area contributed by atoms with E-state index < -0.39 is 5.60 Å². The molecular weight excluding hydrogens is 819 g/mol. The van der Waals surface area contributed by atoms with Crippen molar-refractivity contribution in [2.75, 3.05) is 85.8 Å². The fraction of sp³-hybridized carbons (Fsp3) is 0.490. The van der Waals surface area contributed by atoms with E-state index >= 15 is 0 Å². The van der Waals surface area contributed by atoms with Gasteiger partial charge in [-0.15, -0.1) is 0 Å². The van der Waals surface area contributed by atoms with Crippen LogP contribution in [-0.2, 0) is 41.6 Å². The average molecular weight is 888 g/mol. The van der Waals surface area contributed by atoms with Crippen molar-refractivity contribution in [3.8, 4) is 23.0 Å². The average Bonchev–Trinajstić information content (AvgIpc) is 3.23. The maximum absolute atomic E-state index is 12.7. The van der Waals surface area contributed by atoms with Crippen LogP contribution in [0.25, 0.3) is 0 Å². The van der Waals surface area contributed by atoms with Gasteiger partial charge in [0.15, 0.2) is 23.0 Å². The second-order valence-electron chi connectivity index (χ2n) is 17.4. The maximum atomic E-state index is 12.7. The van der Waals surface area contributed by atoms with E-state index in [1.165, 1.54) is 0 Å². The largest absolute Gasteiger partial charge is 0.487 e. The molecule has 4 aromatic carbocycles. The van der Waals surface area contributed by atoms with Crippen LogP contribution in [0.5, 0.6) is 23.0 Å². The summed E-state index contributed by atoms with van der Waals surface area (Å²) in [6.07, 6.45) is -0.320. The van der Waals surface area contributed by atoms with Gasteiger partial charge in [0.1, 0.15) is 38.6 Å². The standard InChI is InChI=1S/C27H37NO4.C24H32O8/c1-19-13-20(2)15-23(14-19)24(29)31-17-22-11-9-21(10-12-22)16-28(18-26(3,4)5)25(30)32-27(6,7)8;1-2-6-22-21(5-1)29-17-13-25-9-10-27-15-19-31-23-7-3-4-8-24(23)32-20-16-28-12-11-26-14-18-30-22/h9-15H,16-18H2,1-8H3;1-8H,9-20H2. The predicted molar refractivity (Wildman–Crippen MR) is 246 cm³/mol. The number of para-hydroxylation sites is 4. The van der Waals surface area contributed by atoms with Crippen LogP contribution in [0.2, 0.25) is 0 Å². The molecule has 0 spiro atoms. The SMILES string of the molecule is Cc1cc(C)cc(C(=O)OCc2ccc(CN(CC(C)(C)C)C(=O)OC(C)(C)C)cc2)c1.c1ccc2c(c1)OCCOCCOCCOc1ccccc1OCCOCCOCCO2. The molecule has 0 aromatic heterocycles. The molecule has 0 aliphatic carbocycles. The molecule has 0 saturated heterocycles. The van der Waals surface area contributed by atoms with Crippen molar-refractivity contribution < 1.29 is 57.0 Å². The normalized spacial score (nSPS) is 15.0. The summed E-state index contributed by atoms with van der Waals surface area (Å²) in [6.45, 7) is 22.5. The Labute approximate surface area is 380 Å². The van der Waals surface area contributed by atoms with E-state index in [0.717, 1.165) is 22.3 Å². The number of esters is 1. The molecule has 1 amide bonds. The van der Waals surface area contributed by atoms with Crippen LogP contribution < -0.4 is 18.9 Å². The molecule has 0 saturated carbocycles. The molecule has 0 atom stereocenters. The third-order valence-corrected chi connectivity index (χ3v) is 8.92. The Morgan fingerprint density at radius 3 is 1.28 bits per heavy atom. The summed E-state index contributed by atoms with van der Waals surface area (Å²) in [4.78, 5) is 26.8. The molecule has 13 heteroatoms. The van der Waals surface area contributed by atoms with Crippen molar-refractivity contribution in [3.05, 3.63) is 119 Å². The third-order valence-electron chi connectivity index (χ3n) is 8.92. The lowest BCUT2D eigenvalue weighted by Crippen LogP contribution is -2.40. The van der Waals surface area contributed by atoms with Gasteiger partial charge in [0.25, 0.3) is 0 Å². The van der Waals surface area contributed by atoms with E-state index in [0.29, 0.717) is 121 Å². The molecule has 4 aromatic rings. The fourth-order valence-corrected chi connectivity index (χ4v) is 6.23. The van der Waals surface area contributed by atoms with Gasteiger partial charge in [0.2, 0.25) is 0 Å². The molecule has 13 nitrogen and oxygen atoms in total. The van der Waals surface area contributed by atoms with E-state index in [1.54, 1.807) is 4.90 Å². The molecule has 5 rings (SSSR count). The molecule has 0 unspecified atom stereocenters. The minimum atomic E-state index is -0.545. The number of rotatable bonds is 6. The minimum Gasteiger partial charge on any atom is -0.487 e. The van der Waals surface area contributed by atoms with E-state index in [2.05, 4.69) is 20.8 Å². The molecule has 1 heterocycles. The molecular formula is C51H69NO12. The molecule has 0 radical (unpaired) electrons. The second-order valence-corrected chi connectivity index (χ2v) is 17.4. The van der Waals surface area contributed by atoms with E-state index in [-0.39, 0.29) is 24.1 Å². The number of benzene rings is 4. The molecule has 1 aliphatic rings. The lowest BCUT2D eigenvalue weighted by molar-refractivity contribution is 0.0169. The van der Waals surface area contributed by atoms with Gasteiger partial charge in [0.05, 0.1) is 58.4 Å². The molecule has 1 aliphatic heterocycles. The molecule has 350 valence electrons. The van der Waals surface area contributed by atoms with E-state index in [4.69, 9.17) is 47.4 Å². The Balaban J connectivity index is 0.000000281. The Bertz CT molecular complexity index is 1830. The zero-order valence-corrected chi connectivity index (χ0v) is 39.1. The number of fused-ring (bicyclic) bond motifs is 2. The van der Waals surface area contributed by atoms with Crippen LogP contribution >= 0.6 is 0 Å². The van der Waals surface area contributed by atoms with Gasteiger partial charge in [-0.3, -0.25) is 0 Å². The Morgan fingerprint density at radius 1 is 0.531 bits per heavy atom. The van der Waals surface area contributed by atoms with Crippen molar-refractivity contribution in [1.29, 1.82) is 0 Å². The predicted octanol–water partition coefficient (Wildman–Crippen LogP) is 9.43. The summed E-state index contributed by atoms with van der Waals surface area (Å²) in [7, 11) is 0. The topological polar surface area (TPSA) is 130 Å². The number of amides is 1. The van der Waals surface area contributed by atoms with Gasteiger partial charge < -0.3 is 52.3 Å². The highest BCUT2D eigenvalue weighted by Crippen LogP contribution is 2.27. The van der Waals surface area contributed by atoms with Gasteiger partial charge in [-0.1, -0.05) is 86.5 Å². The lowest BCUT2D eigenvalue weighted by Gasteiger charge is -2.32. The van der Waals surface area contributed by atoms with Crippen LogP contribution in [0.3, 0.4) is 0 Å². The van der Waals surface area contributed by atoms with Crippen LogP contribution in [0.4, 0.5) is 4.79 Å². The first-order valence-corrected chi connectivity index (χ1v) is 22.0. The number of hydrogen-bond donors (Lipinski definition) is 0.